The van der Waals surface area contributed by atoms with Crippen molar-refractivity contribution in [3.05, 3.63) is 0 Å². The summed E-state index contributed by atoms with van der Waals surface area (Å²) in [5, 5.41) is 8.43. The van der Waals surface area contributed by atoms with Gasteiger partial charge in [0.25, 0.3) is 0 Å². The quantitative estimate of drug-likeness (QED) is 0.674. The van der Waals surface area contributed by atoms with Crippen molar-refractivity contribution in [1.82, 2.24) is 4.90 Å². The highest BCUT2D eigenvalue weighted by Crippen LogP contribution is 2.11. The predicted octanol–water partition coefficient (Wildman–Crippen LogP) is 1.31. The molecule has 0 saturated heterocycles. The minimum Gasteiger partial charge on any atom is -0.481 e. The molecule has 0 aliphatic rings. The van der Waals surface area contributed by atoms with Crippen molar-refractivity contribution in [2.45, 2.75) is 20.3 Å². The van der Waals surface area contributed by atoms with Gasteiger partial charge in [0.05, 0.1) is 6.42 Å². The van der Waals surface area contributed by atoms with Crippen LogP contribution in [0.15, 0.2) is 0 Å². The van der Waals surface area contributed by atoms with Crippen molar-refractivity contribution in [2.24, 2.45) is 5.92 Å². The van der Waals surface area contributed by atoms with Gasteiger partial charge in [-0.25, -0.2) is 0 Å². The van der Waals surface area contributed by atoms with E-state index in [0.29, 0.717) is 18.1 Å². The molecule has 1 atom stereocenters. The highest BCUT2D eigenvalue weighted by molar-refractivity contribution is 7.99. The first kappa shape index (κ1) is 14.3. The zero-order chi connectivity index (χ0) is 11.8. The molecule has 0 spiro atoms. The van der Waals surface area contributed by atoms with Crippen LogP contribution in [0.1, 0.15) is 20.3 Å². The van der Waals surface area contributed by atoms with E-state index in [0.717, 1.165) is 0 Å². The highest BCUT2D eigenvalue weighted by Gasteiger charge is 2.15. The Hall–Kier alpha value is -0.710. The molecule has 1 N–H and O–H groups in total. The molecule has 0 aliphatic carbocycles. The minimum atomic E-state index is -0.785. The van der Waals surface area contributed by atoms with Gasteiger partial charge < -0.3 is 10.0 Å². The molecule has 0 radical (unpaired) electrons. The summed E-state index contributed by atoms with van der Waals surface area (Å²) in [4.78, 5) is 23.5. The molecule has 1 amide bonds. The van der Waals surface area contributed by atoms with E-state index in [2.05, 4.69) is 0 Å². The van der Waals surface area contributed by atoms with Crippen LogP contribution in [0.3, 0.4) is 0 Å². The number of nitrogens with zero attached hydrogens (tertiary/aromatic N) is 1. The first-order chi connectivity index (χ1) is 6.99. The van der Waals surface area contributed by atoms with Crippen LogP contribution in [-0.2, 0) is 9.59 Å². The summed E-state index contributed by atoms with van der Waals surface area (Å²) in [7, 11) is 1.78. The molecule has 15 heavy (non-hydrogen) atoms. The Morgan fingerprint density at radius 1 is 1.47 bits per heavy atom. The molecule has 0 rings (SSSR count). The van der Waals surface area contributed by atoms with Crippen molar-refractivity contribution in [1.29, 1.82) is 0 Å². The van der Waals surface area contributed by atoms with Crippen molar-refractivity contribution in [2.75, 3.05) is 25.1 Å². The van der Waals surface area contributed by atoms with Gasteiger partial charge >= 0.3 is 5.97 Å². The Morgan fingerprint density at radius 3 is 2.53 bits per heavy atom. The van der Waals surface area contributed by atoms with Gasteiger partial charge in [-0.05, 0) is 6.92 Å². The van der Waals surface area contributed by atoms with Crippen LogP contribution in [-0.4, -0.2) is 47.0 Å². The lowest BCUT2D eigenvalue weighted by molar-refractivity contribution is -0.136. The lowest BCUT2D eigenvalue weighted by Crippen LogP contribution is -2.32. The van der Waals surface area contributed by atoms with Crippen LogP contribution >= 0.6 is 11.8 Å². The Kier molecular flexibility index (Phi) is 7.21. The number of carboxylic acids is 1. The Morgan fingerprint density at radius 2 is 2.07 bits per heavy atom. The molecule has 0 heterocycles. The monoisotopic (exact) mass is 233 g/mol. The molecule has 4 nitrogen and oxygen atoms in total. The lowest BCUT2D eigenvalue weighted by atomic mass is 10.2. The fourth-order valence-corrected chi connectivity index (χ4v) is 2.00. The predicted molar refractivity (Wildman–Crippen MR) is 62.1 cm³/mol. The second-order valence-corrected chi connectivity index (χ2v) is 4.62. The second-order valence-electron chi connectivity index (χ2n) is 3.47. The smallest absolute Gasteiger partial charge is 0.304 e. The summed E-state index contributed by atoms with van der Waals surface area (Å²) in [5.74, 6) is 0.570. The van der Waals surface area contributed by atoms with E-state index in [4.69, 9.17) is 5.11 Å². The molecule has 0 saturated carbocycles. The SMILES string of the molecule is CCN(C)C(=O)C(C)CSCCC(=O)O. The Balaban J connectivity index is 3.69. The molecule has 0 aliphatic heterocycles. The molecule has 0 fully saturated rings. The van der Waals surface area contributed by atoms with Gasteiger partial charge in [0.1, 0.15) is 0 Å². The topological polar surface area (TPSA) is 57.6 Å². The number of hydrogen-bond acceptors (Lipinski definition) is 3. The van der Waals surface area contributed by atoms with E-state index in [-0.39, 0.29) is 18.2 Å². The normalized spacial score (nSPS) is 12.2. The average Bonchev–Trinajstić information content (AvgIpc) is 2.21. The Labute approximate surface area is 95.0 Å². The summed E-state index contributed by atoms with van der Waals surface area (Å²) in [6, 6.07) is 0. The zero-order valence-corrected chi connectivity index (χ0v) is 10.3. The van der Waals surface area contributed by atoms with Gasteiger partial charge in [-0.2, -0.15) is 11.8 Å². The molecular formula is C10H19NO3S. The number of aliphatic carboxylic acids is 1. The first-order valence-electron chi connectivity index (χ1n) is 5.03. The van der Waals surface area contributed by atoms with E-state index in [1.54, 1.807) is 11.9 Å². The number of carbonyl (C=O) groups excluding carboxylic acids is 1. The molecule has 1 unspecified atom stereocenters. The van der Waals surface area contributed by atoms with Crippen LogP contribution in [0.5, 0.6) is 0 Å². The summed E-state index contributed by atoms with van der Waals surface area (Å²) in [6.07, 6.45) is 0.162. The summed E-state index contributed by atoms with van der Waals surface area (Å²) < 4.78 is 0. The van der Waals surface area contributed by atoms with Gasteiger partial charge in [0, 0.05) is 31.0 Å². The van der Waals surface area contributed by atoms with Crippen molar-refractivity contribution in [3.8, 4) is 0 Å². The minimum absolute atomic E-state index is 0.0336. The summed E-state index contributed by atoms with van der Waals surface area (Å²) in [6.45, 7) is 4.52. The maximum absolute atomic E-state index is 11.6. The number of hydrogen-bond donors (Lipinski definition) is 1. The number of carboxylic acid groups (broad SMARTS) is 1. The summed E-state index contributed by atoms with van der Waals surface area (Å²) >= 11 is 1.52. The van der Waals surface area contributed by atoms with E-state index >= 15 is 0 Å². The fourth-order valence-electron chi connectivity index (χ4n) is 1.02. The third kappa shape index (κ3) is 6.38. The van der Waals surface area contributed by atoms with Crippen LogP contribution in [0.2, 0.25) is 0 Å². The van der Waals surface area contributed by atoms with Gasteiger partial charge in [-0.15, -0.1) is 0 Å². The Bertz CT molecular complexity index is 221. The van der Waals surface area contributed by atoms with Crippen LogP contribution in [0.25, 0.3) is 0 Å². The molecule has 88 valence electrons. The largest absolute Gasteiger partial charge is 0.481 e. The molecule has 0 aromatic rings. The molecule has 5 heteroatoms. The van der Waals surface area contributed by atoms with E-state index in [9.17, 15) is 9.59 Å². The number of amides is 1. The fraction of sp³-hybridized carbons (Fsp3) is 0.800. The average molecular weight is 233 g/mol. The third-order valence-corrected chi connectivity index (χ3v) is 3.33. The lowest BCUT2D eigenvalue weighted by Gasteiger charge is -2.19. The van der Waals surface area contributed by atoms with Gasteiger partial charge in [0.15, 0.2) is 0 Å². The number of thioether (sulfide) groups is 1. The van der Waals surface area contributed by atoms with E-state index in [1.807, 2.05) is 13.8 Å². The summed E-state index contributed by atoms with van der Waals surface area (Å²) in [5.41, 5.74) is 0. The number of carbonyl (C=O) groups is 2. The van der Waals surface area contributed by atoms with Gasteiger partial charge in [0.2, 0.25) is 5.91 Å². The highest BCUT2D eigenvalue weighted by atomic mass is 32.2. The van der Waals surface area contributed by atoms with E-state index in [1.165, 1.54) is 11.8 Å². The van der Waals surface area contributed by atoms with Crippen LogP contribution in [0, 0.1) is 5.92 Å². The molecule has 0 aromatic carbocycles. The molecule has 0 aromatic heterocycles. The zero-order valence-electron chi connectivity index (χ0n) is 9.52. The number of rotatable bonds is 7. The van der Waals surface area contributed by atoms with Crippen molar-refractivity contribution in [3.63, 3.8) is 0 Å². The van der Waals surface area contributed by atoms with Gasteiger partial charge in [-0.1, -0.05) is 6.92 Å². The van der Waals surface area contributed by atoms with Crippen LogP contribution in [0.4, 0.5) is 0 Å². The van der Waals surface area contributed by atoms with Gasteiger partial charge in [-0.3, -0.25) is 9.59 Å². The first-order valence-corrected chi connectivity index (χ1v) is 6.19. The van der Waals surface area contributed by atoms with Crippen molar-refractivity contribution >= 4 is 23.6 Å². The maximum atomic E-state index is 11.6. The molecule has 0 bridgehead atoms. The van der Waals surface area contributed by atoms with Crippen molar-refractivity contribution < 1.29 is 14.7 Å². The van der Waals surface area contributed by atoms with Crippen LogP contribution < -0.4 is 0 Å². The standard InChI is InChI=1S/C10H19NO3S/c1-4-11(3)10(14)8(2)7-15-6-5-9(12)13/h8H,4-7H2,1-3H3,(H,12,13). The third-order valence-electron chi connectivity index (χ3n) is 2.10. The maximum Gasteiger partial charge on any atom is 0.304 e. The van der Waals surface area contributed by atoms with E-state index < -0.39 is 5.97 Å². The second kappa shape index (κ2) is 7.56. The molecular weight excluding hydrogens is 214 g/mol.